The summed E-state index contributed by atoms with van der Waals surface area (Å²) in [7, 11) is 0. The number of hydrogen-bond donors (Lipinski definition) is 3. The van der Waals surface area contributed by atoms with E-state index >= 15 is 0 Å². The summed E-state index contributed by atoms with van der Waals surface area (Å²) >= 11 is 0. The Morgan fingerprint density at radius 2 is 1.86 bits per heavy atom. The third-order valence-electron chi connectivity index (χ3n) is 10.2. The third kappa shape index (κ3) is 2.20. The second-order valence-corrected chi connectivity index (χ2v) is 11.8. The molecule has 12 atom stereocenters. The van der Waals surface area contributed by atoms with Gasteiger partial charge in [0.05, 0.1) is 12.2 Å². The van der Waals surface area contributed by atoms with Gasteiger partial charge >= 0.3 is 5.97 Å². The van der Waals surface area contributed by atoms with Crippen LogP contribution in [-0.4, -0.2) is 68.4 Å². The van der Waals surface area contributed by atoms with Crippen LogP contribution >= 0.6 is 0 Å². The Kier molecular flexibility index (Phi) is 4.14. The zero-order valence-electron chi connectivity index (χ0n) is 20.1. The van der Waals surface area contributed by atoms with Crippen molar-refractivity contribution in [2.24, 2.45) is 23.7 Å². The molecule has 1 aromatic rings. The minimum Gasteiger partial charge on any atom is -0.393 e. The molecule has 188 valence electrons. The number of epoxide rings is 1. The maximum absolute atomic E-state index is 13.5. The molecular formula is C27H32O8. The molecule has 1 aromatic carbocycles. The molecule has 0 amide bonds. The molecule has 0 radical (unpaired) electrons. The van der Waals surface area contributed by atoms with Crippen LogP contribution in [0.25, 0.3) is 0 Å². The van der Waals surface area contributed by atoms with Gasteiger partial charge < -0.3 is 34.3 Å². The molecule has 3 N–H and O–H groups in total. The fraction of sp³-hybridized carbons (Fsp3) is 0.667. The fourth-order valence-electron chi connectivity index (χ4n) is 8.55. The lowest BCUT2D eigenvalue weighted by molar-refractivity contribution is -0.442. The number of rotatable bonds is 3. The van der Waals surface area contributed by atoms with E-state index in [4.69, 9.17) is 18.9 Å². The number of fused-ring (bicyclic) bond motifs is 3. The number of ether oxygens (including phenoxy) is 4. The monoisotopic (exact) mass is 484 g/mol. The summed E-state index contributed by atoms with van der Waals surface area (Å²) in [4.78, 5) is 13.5. The van der Waals surface area contributed by atoms with E-state index in [0.29, 0.717) is 18.4 Å². The predicted octanol–water partition coefficient (Wildman–Crippen LogP) is 1.41. The van der Waals surface area contributed by atoms with Gasteiger partial charge in [-0.15, -0.1) is 0 Å². The fourth-order valence-corrected chi connectivity index (χ4v) is 8.55. The molecule has 3 bridgehead atoms. The van der Waals surface area contributed by atoms with E-state index in [9.17, 15) is 20.1 Å². The van der Waals surface area contributed by atoms with E-state index in [-0.39, 0.29) is 5.92 Å². The zero-order valence-corrected chi connectivity index (χ0v) is 20.1. The summed E-state index contributed by atoms with van der Waals surface area (Å²) in [5.74, 6) is -3.91. The lowest BCUT2D eigenvalue weighted by atomic mass is 9.54. The van der Waals surface area contributed by atoms with Crippen molar-refractivity contribution in [3.8, 4) is 0 Å². The Morgan fingerprint density at radius 1 is 1.14 bits per heavy atom. The van der Waals surface area contributed by atoms with Crippen molar-refractivity contribution < 1.29 is 39.1 Å². The van der Waals surface area contributed by atoms with Gasteiger partial charge in [0, 0.05) is 23.3 Å². The average Bonchev–Trinajstić information content (AvgIpc) is 3.48. The number of aliphatic hydroxyl groups is 3. The predicted molar refractivity (Wildman–Crippen MR) is 121 cm³/mol. The normalized spacial score (nSPS) is 57.3. The first-order chi connectivity index (χ1) is 16.5. The molecule has 3 saturated carbocycles. The van der Waals surface area contributed by atoms with Crippen molar-refractivity contribution in [3.63, 3.8) is 0 Å². The topological polar surface area (TPSA) is 118 Å². The summed E-state index contributed by atoms with van der Waals surface area (Å²) in [5, 5.41) is 34.1. The molecule has 8 nitrogen and oxygen atoms in total. The molecule has 6 fully saturated rings. The molecular weight excluding hydrogens is 452 g/mol. The number of Topliss-reactive ketones (excluding diaryl/α,β-unsaturated/α-hetero) is 1. The number of aliphatic hydroxyl groups excluding tert-OH is 2. The largest absolute Gasteiger partial charge is 0.393 e. The van der Waals surface area contributed by atoms with Gasteiger partial charge in [0.25, 0.3) is 0 Å². The van der Waals surface area contributed by atoms with E-state index in [2.05, 4.69) is 6.58 Å². The molecule has 6 aliphatic rings. The summed E-state index contributed by atoms with van der Waals surface area (Å²) in [6, 6.07) is 9.41. The van der Waals surface area contributed by atoms with Crippen LogP contribution in [0.2, 0.25) is 0 Å². The molecule has 4 unspecified atom stereocenters. The molecule has 8 heteroatoms. The van der Waals surface area contributed by atoms with Crippen LogP contribution < -0.4 is 0 Å². The van der Waals surface area contributed by atoms with Crippen LogP contribution in [0.1, 0.15) is 39.2 Å². The summed E-state index contributed by atoms with van der Waals surface area (Å²) in [6.07, 6.45) is -1.97. The number of ketones is 1. The molecule has 0 aromatic heterocycles. The number of carbonyl (C=O) groups excluding carboxylic acids is 1. The van der Waals surface area contributed by atoms with E-state index < -0.39 is 76.8 Å². The van der Waals surface area contributed by atoms with Crippen LogP contribution in [-0.2, 0) is 29.7 Å². The Labute approximate surface area is 203 Å². The lowest BCUT2D eigenvalue weighted by Gasteiger charge is -2.60. The lowest BCUT2D eigenvalue weighted by Crippen LogP contribution is -2.72. The van der Waals surface area contributed by atoms with E-state index in [1.807, 2.05) is 44.2 Å². The van der Waals surface area contributed by atoms with Crippen molar-refractivity contribution in [3.05, 3.63) is 48.0 Å². The van der Waals surface area contributed by atoms with Gasteiger partial charge in [-0.2, -0.15) is 0 Å². The maximum Gasteiger partial charge on any atom is 0.313 e. The average molecular weight is 485 g/mol. The molecule has 3 heterocycles. The summed E-state index contributed by atoms with van der Waals surface area (Å²) in [6.45, 7) is 9.47. The van der Waals surface area contributed by atoms with Gasteiger partial charge in [0.1, 0.15) is 29.5 Å². The molecule has 3 saturated heterocycles. The first-order valence-electron chi connectivity index (χ1n) is 12.6. The van der Waals surface area contributed by atoms with Gasteiger partial charge in [0.2, 0.25) is 0 Å². The summed E-state index contributed by atoms with van der Waals surface area (Å²) in [5.41, 5.74) is -4.14. The first kappa shape index (κ1) is 22.5. The Morgan fingerprint density at radius 3 is 2.51 bits per heavy atom. The van der Waals surface area contributed by atoms with Crippen molar-refractivity contribution in [2.45, 2.75) is 80.3 Å². The van der Waals surface area contributed by atoms with Gasteiger partial charge in [-0.3, -0.25) is 4.79 Å². The highest BCUT2D eigenvalue weighted by Gasteiger charge is 2.89. The molecule has 0 spiro atoms. The smallest absolute Gasteiger partial charge is 0.313 e. The highest BCUT2D eigenvalue weighted by atomic mass is 16.9. The van der Waals surface area contributed by atoms with Crippen LogP contribution in [0.4, 0.5) is 0 Å². The quantitative estimate of drug-likeness (QED) is 0.436. The minimum absolute atomic E-state index is 0.199. The van der Waals surface area contributed by atoms with Gasteiger partial charge in [-0.05, 0) is 31.3 Å². The van der Waals surface area contributed by atoms with Crippen LogP contribution in [0, 0.1) is 23.7 Å². The maximum atomic E-state index is 13.5. The number of carbonyl (C=O) groups is 1. The second-order valence-electron chi connectivity index (χ2n) is 11.8. The number of benzene rings is 1. The first-order valence-corrected chi connectivity index (χ1v) is 12.6. The molecule has 3 aliphatic heterocycles. The van der Waals surface area contributed by atoms with Crippen molar-refractivity contribution in [1.29, 1.82) is 0 Å². The van der Waals surface area contributed by atoms with Gasteiger partial charge in [-0.25, -0.2) is 0 Å². The Balaban J connectivity index is 1.52. The summed E-state index contributed by atoms with van der Waals surface area (Å²) < 4.78 is 26.6. The minimum atomic E-state index is -2.13. The Hall–Kier alpha value is -1.65. The molecule has 3 aliphatic carbocycles. The number of hydrogen-bond acceptors (Lipinski definition) is 8. The third-order valence-corrected chi connectivity index (χ3v) is 10.2. The van der Waals surface area contributed by atoms with Crippen LogP contribution in [0.15, 0.2) is 42.5 Å². The highest BCUT2D eigenvalue weighted by molar-refractivity contribution is 5.93. The van der Waals surface area contributed by atoms with Crippen molar-refractivity contribution in [1.82, 2.24) is 0 Å². The van der Waals surface area contributed by atoms with Crippen LogP contribution in [0.3, 0.4) is 0 Å². The van der Waals surface area contributed by atoms with Gasteiger partial charge in [0.15, 0.2) is 11.4 Å². The Bertz CT molecular complexity index is 1140. The van der Waals surface area contributed by atoms with E-state index in [1.165, 1.54) is 0 Å². The zero-order chi connectivity index (χ0) is 24.8. The van der Waals surface area contributed by atoms with Gasteiger partial charge in [-0.1, -0.05) is 50.8 Å². The van der Waals surface area contributed by atoms with Crippen molar-refractivity contribution in [2.75, 3.05) is 6.61 Å². The molecule has 35 heavy (non-hydrogen) atoms. The standard InChI is InChI=1S/C27H32O8/c1-13(2)23-11-15(4)26-17-10-14(3)19(29)25(17,31)22(30)24(12-28)21(32-24)18(26)20(23)33-27(34-23,35-26)16-8-6-5-7-9-16/h5-9,14-15,17-18,20-22,28,30-31H,1,10-12H2,2-4H3/t14-,15+,17?,18?,20?,21-,22+,23+,24-,25+,26?,27+/m0/s1. The molecule has 7 rings (SSSR count). The van der Waals surface area contributed by atoms with E-state index in [0.717, 1.165) is 5.57 Å². The second kappa shape index (κ2) is 6.42. The van der Waals surface area contributed by atoms with E-state index in [1.54, 1.807) is 6.92 Å². The highest BCUT2D eigenvalue weighted by Crippen LogP contribution is 2.74. The SMILES string of the molecule is C=C(C)[C@]12C[C@@H](C)C34O[C@](c5ccccc5)(OC1C3[C@@H]1O[C@]1(CO)[C@@H](O)[C@]1(O)C(=O)[C@@H](C)CC41)O2. The van der Waals surface area contributed by atoms with Crippen molar-refractivity contribution >= 4 is 5.78 Å². The van der Waals surface area contributed by atoms with Crippen LogP contribution in [0.5, 0.6) is 0 Å².